The van der Waals surface area contributed by atoms with Crippen molar-refractivity contribution in [3.63, 3.8) is 0 Å². The number of aliphatic hydroxyl groups is 1. The zero-order valence-electron chi connectivity index (χ0n) is 11.5. The highest BCUT2D eigenvalue weighted by molar-refractivity contribution is 7.10. The summed E-state index contributed by atoms with van der Waals surface area (Å²) in [5.74, 6) is 0. The third-order valence-corrected chi connectivity index (χ3v) is 5.23. The van der Waals surface area contributed by atoms with E-state index in [0.717, 1.165) is 17.7 Å². The third kappa shape index (κ3) is 3.73. The van der Waals surface area contributed by atoms with Crippen molar-refractivity contribution in [1.29, 1.82) is 0 Å². The number of hydrogen-bond acceptors (Lipinski definition) is 4. The molecule has 0 saturated heterocycles. The first-order chi connectivity index (χ1) is 10.3. The first-order valence-electron chi connectivity index (χ1n) is 6.87. The molecule has 0 amide bonds. The summed E-state index contributed by atoms with van der Waals surface area (Å²) >= 11 is 3.58. The van der Waals surface area contributed by atoms with Gasteiger partial charge in [0.2, 0.25) is 0 Å². The quantitative estimate of drug-likeness (QED) is 0.691. The molecule has 108 valence electrons. The average Bonchev–Trinajstić information content (AvgIpc) is 3.21. The van der Waals surface area contributed by atoms with E-state index in [4.69, 9.17) is 5.11 Å². The van der Waals surface area contributed by atoms with E-state index in [1.165, 1.54) is 9.75 Å². The Balaban J connectivity index is 1.78. The highest BCUT2D eigenvalue weighted by atomic mass is 32.1. The molecule has 0 aliphatic rings. The van der Waals surface area contributed by atoms with Crippen LogP contribution in [0.3, 0.4) is 0 Å². The van der Waals surface area contributed by atoms with Crippen molar-refractivity contribution >= 4 is 28.4 Å². The van der Waals surface area contributed by atoms with E-state index >= 15 is 0 Å². The van der Waals surface area contributed by atoms with Crippen LogP contribution < -0.4 is 5.32 Å². The molecule has 1 unspecified atom stereocenters. The molecule has 2 nitrogen and oxygen atoms in total. The Labute approximate surface area is 132 Å². The highest BCUT2D eigenvalue weighted by Crippen LogP contribution is 2.28. The van der Waals surface area contributed by atoms with Crippen molar-refractivity contribution in [3.05, 3.63) is 74.6 Å². The zero-order chi connectivity index (χ0) is 14.5. The molecule has 0 radical (unpaired) electrons. The molecule has 0 aliphatic carbocycles. The maximum absolute atomic E-state index is 9.11. The molecule has 3 rings (SSSR count). The largest absolute Gasteiger partial charge is 0.392 e. The van der Waals surface area contributed by atoms with Gasteiger partial charge in [0.1, 0.15) is 0 Å². The standard InChI is InChI=1S/C17H17NOS2/c19-12-13-5-7-14(8-6-13)18-16(17-4-2-10-21-17)11-15-3-1-9-20-15/h1-10,16,18-19H,11-12H2. The molecular weight excluding hydrogens is 298 g/mol. The van der Waals surface area contributed by atoms with Crippen LogP contribution in [-0.4, -0.2) is 5.11 Å². The van der Waals surface area contributed by atoms with E-state index in [9.17, 15) is 0 Å². The number of rotatable bonds is 6. The van der Waals surface area contributed by atoms with Crippen LogP contribution in [0.15, 0.2) is 59.3 Å². The number of thiophene rings is 2. The van der Waals surface area contributed by atoms with Gasteiger partial charge >= 0.3 is 0 Å². The molecule has 0 saturated carbocycles. The Kier molecular flexibility index (Phi) is 4.70. The SMILES string of the molecule is OCc1ccc(NC(Cc2cccs2)c2cccs2)cc1. The Bertz CT molecular complexity index is 645. The van der Waals surface area contributed by atoms with Crippen molar-refractivity contribution in [1.82, 2.24) is 0 Å². The van der Waals surface area contributed by atoms with Gasteiger partial charge in [-0.05, 0) is 40.6 Å². The maximum atomic E-state index is 9.11. The van der Waals surface area contributed by atoms with E-state index in [1.54, 1.807) is 22.7 Å². The Hall–Kier alpha value is -1.62. The fourth-order valence-corrected chi connectivity index (χ4v) is 3.78. The summed E-state index contributed by atoms with van der Waals surface area (Å²) in [7, 11) is 0. The van der Waals surface area contributed by atoms with Crippen LogP contribution in [0.1, 0.15) is 21.4 Å². The highest BCUT2D eigenvalue weighted by Gasteiger charge is 2.14. The molecule has 4 heteroatoms. The van der Waals surface area contributed by atoms with Gasteiger partial charge in [-0.3, -0.25) is 0 Å². The summed E-state index contributed by atoms with van der Waals surface area (Å²) in [5.41, 5.74) is 2.02. The van der Waals surface area contributed by atoms with E-state index in [0.29, 0.717) is 0 Å². The van der Waals surface area contributed by atoms with Crippen LogP contribution in [0.5, 0.6) is 0 Å². The molecule has 3 aromatic rings. The van der Waals surface area contributed by atoms with Crippen LogP contribution >= 0.6 is 22.7 Å². The predicted molar refractivity (Wildman–Crippen MR) is 91.1 cm³/mol. The van der Waals surface area contributed by atoms with Crippen LogP contribution in [0, 0.1) is 0 Å². The van der Waals surface area contributed by atoms with Crippen LogP contribution in [0.25, 0.3) is 0 Å². The predicted octanol–water partition coefficient (Wildman–Crippen LogP) is 4.70. The van der Waals surface area contributed by atoms with Gasteiger partial charge in [-0.1, -0.05) is 24.3 Å². The number of benzene rings is 1. The molecule has 0 aliphatic heterocycles. The topological polar surface area (TPSA) is 32.3 Å². The van der Waals surface area contributed by atoms with Crippen molar-refractivity contribution in [2.24, 2.45) is 0 Å². The molecule has 0 fully saturated rings. The third-order valence-electron chi connectivity index (χ3n) is 3.35. The number of aliphatic hydroxyl groups excluding tert-OH is 1. The van der Waals surface area contributed by atoms with Gasteiger partial charge in [0.15, 0.2) is 0 Å². The molecule has 2 N–H and O–H groups in total. The fraction of sp³-hybridized carbons (Fsp3) is 0.176. The van der Waals surface area contributed by atoms with Gasteiger partial charge in [0.05, 0.1) is 12.6 Å². The lowest BCUT2D eigenvalue weighted by molar-refractivity contribution is 0.282. The van der Waals surface area contributed by atoms with E-state index in [1.807, 2.05) is 24.3 Å². The lowest BCUT2D eigenvalue weighted by Gasteiger charge is -2.18. The minimum Gasteiger partial charge on any atom is -0.392 e. The van der Waals surface area contributed by atoms with Crippen LogP contribution in [-0.2, 0) is 13.0 Å². The molecule has 1 aromatic carbocycles. The van der Waals surface area contributed by atoms with Crippen molar-refractivity contribution in [2.45, 2.75) is 19.1 Å². The summed E-state index contributed by atoms with van der Waals surface area (Å²) < 4.78 is 0. The second-order valence-corrected chi connectivity index (χ2v) is 6.86. The molecule has 2 aromatic heterocycles. The van der Waals surface area contributed by atoms with Crippen molar-refractivity contribution in [3.8, 4) is 0 Å². The van der Waals surface area contributed by atoms with Gasteiger partial charge in [0, 0.05) is 21.9 Å². The summed E-state index contributed by atoms with van der Waals surface area (Å²) in [5, 5.41) is 17.0. The Morgan fingerprint density at radius 1 is 0.952 bits per heavy atom. The number of nitrogens with one attached hydrogen (secondary N) is 1. The smallest absolute Gasteiger partial charge is 0.0681 e. The molecule has 2 heterocycles. The molecular formula is C17H17NOS2. The summed E-state index contributed by atoms with van der Waals surface area (Å²) in [6.45, 7) is 0.0871. The van der Waals surface area contributed by atoms with E-state index < -0.39 is 0 Å². The number of hydrogen-bond donors (Lipinski definition) is 2. The van der Waals surface area contributed by atoms with Crippen molar-refractivity contribution < 1.29 is 5.11 Å². The zero-order valence-corrected chi connectivity index (χ0v) is 13.2. The van der Waals surface area contributed by atoms with Gasteiger partial charge < -0.3 is 10.4 Å². The van der Waals surface area contributed by atoms with Crippen molar-refractivity contribution in [2.75, 3.05) is 5.32 Å². The Morgan fingerprint density at radius 2 is 1.71 bits per heavy atom. The van der Waals surface area contributed by atoms with Gasteiger partial charge in [-0.15, -0.1) is 22.7 Å². The van der Waals surface area contributed by atoms with Gasteiger partial charge in [0.25, 0.3) is 0 Å². The minimum atomic E-state index is 0.0871. The Morgan fingerprint density at radius 3 is 2.33 bits per heavy atom. The maximum Gasteiger partial charge on any atom is 0.0681 e. The second kappa shape index (κ2) is 6.89. The monoisotopic (exact) mass is 315 g/mol. The molecule has 0 spiro atoms. The first-order valence-corrected chi connectivity index (χ1v) is 8.63. The van der Waals surface area contributed by atoms with Gasteiger partial charge in [-0.2, -0.15) is 0 Å². The van der Waals surface area contributed by atoms with Crippen LogP contribution in [0.2, 0.25) is 0 Å². The molecule has 1 atom stereocenters. The van der Waals surface area contributed by atoms with Gasteiger partial charge in [-0.25, -0.2) is 0 Å². The first kappa shape index (κ1) is 14.3. The average molecular weight is 315 g/mol. The molecule has 21 heavy (non-hydrogen) atoms. The molecule has 0 bridgehead atoms. The fourth-order valence-electron chi connectivity index (χ4n) is 2.25. The normalized spacial score (nSPS) is 12.2. The summed E-state index contributed by atoms with van der Waals surface area (Å²) in [6, 6.07) is 16.8. The number of anilines is 1. The minimum absolute atomic E-state index is 0.0871. The second-order valence-electron chi connectivity index (χ2n) is 4.85. The van der Waals surface area contributed by atoms with E-state index in [2.05, 4.69) is 40.3 Å². The lowest BCUT2D eigenvalue weighted by atomic mass is 10.1. The van der Waals surface area contributed by atoms with E-state index in [-0.39, 0.29) is 12.6 Å². The van der Waals surface area contributed by atoms with Crippen LogP contribution in [0.4, 0.5) is 5.69 Å². The summed E-state index contributed by atoms with van der Waals surface area (Å²) in [6.07, 6.45) is 0.986. The summed E-state index contributed by atoms with van der Waals surface area (Å²) in [4.78, 5) is 2.72. The lowest BCUT2D eigenvalue weighted by Crippen LogP contribution is -2.11.